The molecule has 0 spiro atoms. The zero-order chi connectivity index (χ0) is 21.3. The van der Waals surface area contributed by atoms with Gasteiger partial charge in [0.25, 0.3) is 0 Å². The number of unbranched alkanes of at least 4 members (excludes halogenated alkanes) is 3. The Bertz CT molecular complexity index is 485. The lowest BCUT2D eigenvalue weighted by Gasteiger charge is -2.44. The van der Waals surface area contributed by atoms with Crippen molar-refractivity contribution >= 4 is 17.8 Å². The molecule has 168 valence electrons. The molecule has 0 aliphatic heterocycles. The average Bonchev–Trinajstić information content (AvgIpc) is 2.66. The fourth-order valence-electron chi connectivity index (χ4n) is 4.84. The zero-order valence-electron chi connectivity index (χ0n) is 20.6. The van der Waals surface area contributed by atoms with Crippen LogP contribution in [0.3, 0.4) is 0 Å². The van der Waals surface area contributed by atoms with Crippen LogP contribution in [0.1, 0.15) is 105 Å². The molecule has 2 aliphatic carbocycles. The maximum absolute atomic E-state index is 7.07. The fraction of sp³-hybridized carbons (Fsp3) is 0.923. The first kappa shape index (κ1) is 25.4. The highest BCUT2D eigenvalue weighted by molar-refractivity contribution is 6.74. The van der Waals surface area contributed by atoms with Crippen LogP contribution < -0.4 is 0 Å². The maximum Gasteiger partial charge on any atom is 0.192 e. The van der Waals surface area contributed by atoms with Crippen LogP contribution >= 0.6 is 0 Å². The summed E-state index contributed by atoms with van der Waals surface area (Å²) in [7, 11) is -0.579. The highest BCUT2D eigenvalue weighted by atomic mass is 28.4. The van der Waals surface area contributed by atoms with Crippen LogP contribution in [0.2, 0.25) is 30.2 Å². The van der Waals surface area contributed by atoms with Gasteiger partial charge in [-0.1, -0.05) is 96.4 Å². The first-order valence-corrected chi connectivity index (χ1v) is 17.2. The molecule has 0 aromatic carbocycles. The summed E-state index contributed by atoms with van der Waals surface area (Å²) in [6, 6.07) is 2.84. The zero-order valence-corrected chi connectivity index (χ0v) is 22.6. The first-order valence-electron chi connectivity index (χ1n) is 12.8. The molecule has 0 heterocycles. The molecule has 0 N–H and O–H groups in total. The minimum absolute atomic E-state index is 0.310. The predicted octanol–water partition coefficient (Wildman–Crippen LogP) is 8.80. The number of hydrogen-bond acceptors (Lipinski definition) is 1. The summed E-state index contributed by atoms with van der Waals surface area (Å²) in [6.45, 7) is 14.4. The predicted molar refractivity (Wildman–Crippen MR) is 134 cm³/mol. The van der Waals surface area contributed by atoms with Crippen molar-refractivity contribution in [1.82, 2.24) is 0 Å². The van der Waals surface area contributed by atoms with Gasteiger partial charge < -0.3 is 4.43 Å². The van der Waals surface area contributed by atoms with Crippen molar-refractivity contribution in [2.75, 3.05) is 0 Å². The lowest BCUT2D eigenvalue weighted by molar-refractivity contribution is 0.114. The van der Waals surface area contributed by atoms with E-state index in [1.165, 1.54) is 89.1 Å². The van der Waals surface area contributed by atoms with Crippen molar-refractivity contribution < 1.29 is 4.43 Å². The van der Waals surface area contributed by atoms with Crippen LogP contribution in [0.25, 0.3) is 0 Å². The number of hydrogen-bond donors (Lipinski definition) is 0. The van der Waals surface area contributed by atoms with E-state index >= 15 is 0 Å². The van der Waals surface area contributed by atoms with E-state index in [2.05, 4.69) is 46.9 Å². The van der Waals surface area contributed by atoms with E-state index in [4.69, 9.17) is 4.43 Å². The molecule has 2 radical (unpaired) electrons. The van der Waals surface area contributed by atoms with Gasteiger partial charge in [0.05, 0.1) is 6.10 Å². The smallest absolute Gasteiger partial charge is 0.192 e. The molecule has 0 bridgehead atoms. The molecule has 0 aromatic rings. The second-order valence-corrected chi connectivity index (χ2v) is 17.5. The third-order valence-corrected chi connectivity index (χ3v) is 13.7. The lowest BCUT2D eigenvalue weighted by atomic mass is 9.79. The van der Waals surface area contributed by atoms with Crippen molar-refractivity contribution in [1.29, 1.82) is 0 Å². The Kier molecular flexibility index (Phi) is 10.7. The van der Waals surface area contributed by atoms with E-state index in [0.717, 1.165) is 15.4 Å². The van der Waals surface area contributed by atoms with E-state index in [9.17, 15) is 0 Å². The maximum atomic E-state index is 7.07. The molecule has 0 amide bonds. The Labute approximate surface area is 186 Å². The van der Waals surface area contributed by atoms with Crippen molar-refractivity contribution in [3.05, 3.63) is 11.6 Å². The highest BCUT2D eigenvalue weighted by Gasteiger charge is 2.42. The van der Waals surface area contributed by atoms with E-state index < -0.39 is 8.32 Å². The second kappa shape index (κ2) is 12.2. The molecule has 29 heavy (non-hydrogen) atoms. The Morgan fingerprint density at radius 3 is 2.38 bits per heavy atom. The fourth-order valence-corrected chi connectivity index (χ4v) is 7.77. The van der Waals surface area contributed by atoms with Gasteiger partial charge in [-0.2, -0.15) is 0 Å². The SMILES string of the molecule is CCCCCC[Si]C[C@@H]1/C(=C/C2CCCCC2)CCC[C@H]1O[Si](C)(C)C(C)(C)C. The van der Waals surface area contributed by atoms with Crippen molar-refractivity contribution in [3.8, 4) is 0 Å². The van der Waals surface area contributed by atoms with Crippen LogP contribution in [-0.4, -0.2) is 23.9 Å². The molecule has 2 rings (SSSR count). The molecule has 0 saturated heterocycles. The number of allylic oxidation sites excluding steroid dienone is 1. The topological polar surface area (TPSA) is 9.23 Å². The normalized spacial score (nSPS) is 26.2. The summed E-state index contributed by atoms with van der Waals surface area (Å²) >= 11 is 0. The van der Waals surface area contributed by atoms with Gasteiger partial charge >= 0.3 is 0 Å². The summed E-state index contributed by atoms with van der Waals surface area (Å²) in [5, 5.41) is 0.310. The van der Waals surface area contributed by atoms with Gasteiger partial charge in [0, 0.05) is 15.4 Å². The van der Waals surface area contributed by atoms with E-state index in [1.54, 1.807) is 5.57 Å². The van der Waals surface area contributed by atoms with Gasteiger partial charge in [0.1, 0.15) is 0 Å². The molecule has 3 heteroatoms. The third kappa shape index (κ3) is 8.29. The van der Waals surface area contributed by atoms with E-state index in [-0.39, 0.29) is 0 Å². The molecule has 2 aliphatic rings. The summed E-state index contributed by atoms with van der Waals surface area (Å²) < 4.78 is 7.07. The van der Waals surface area contributed by atoms with Crippen LogP contribution in [0.15, 0.2) is 11.6 Å². The van der Waals surface area contributed by atoms with E-state index in [1.807, 2.05) is 0 Å². The molecular weight excluding hydrogens is 384 g/mol. The van der Waals surface area contributed by atoms with Crippen LogP contribution in [0.4, 0.5) is 0 Å². The highest BCUT2D eigenvalue weighted by Crippen LogP contribution is 2.43. The summed E-state index contributed by atoms with van der Waals surface area (Å²) in [5.74, 6) is 1.57. The third-order valence-electron chi connectivity index (χ3n) is 7.80. The molecule has 0 unspecified atom stereocenters. The van der Waals surface area contributed by atoms with Crippen molar-refractivity contribution in [2.45, 2.75) is 141 Å². The van der Waals surface area contributed by atoms with Gasteiger partial charge in [-0.3, -0.25) is 0 Å². The standard InChI is InChI=1S/C26H50OSi2/c1-7-8-9-13-19-28-21-24-23(20-22-15-11-10-12-16-22)17-14-18-25(24)27-29(5,6)26(2,3)4/h20,22,24-25H,7-19,21H2,1-6H3/b23-20+/t24-,25-/m1/s1. The molecule has 2 fully saturated rings. The second-order valence-electron chi connectivity index (χ2n) is 11.3. The molecular formula is C26H50OSi2. The monoisotopic (exact) mass is 434 g/mol. The molecule has 1 nitrogen and oxygen atoms in total. The number of rotatable bonds is 10. The van der Waals surface area contributed by atoms with Gasteiger partial charge in [0.15, 0.2) is 8.32 Å². The summed E-state index contributed by atoms with van der Waals surface area (Å²) in [5.41, 5.74) is 1.80. The minimum Gasteiger partial charge on any atom is -0.413 e. The Morgan fingerprint density at radius 2 is 1.72 bits per heavy atom. The largest absolute Gasteiger partial charge is 0.413 e. The quantitative estimate of drug-likeness (QED) is 0.189. The van der Waals surface area contributed by atoms with Gasteiger partial charge in [-0.15, -0.1) is 0 Å². The summed E-state index contributed by atoms with van der Waals surface area (Å²) in [6.07, 6.45) is 20.1. The average molecular weight is 435 g/mol. The van der Waals surface area contributed by atoms with Crippen LogP contribution in [0.5, 0.6) is 0 Å². The molecule has 0 aromatic heterocycles. The van der Waals surface area contributed by atoms with Crippen molar-refractivity contribution in [2.24, 2.45) is 11.8 Å². The van der Waals surface area contributed by atoms with Gasteiger partial charge in [-0.05, 0) is 56.2 Å². The van der Waals surface area contributed by atoms with Crippen LogP contribution in [0, 0.1) is 11.8 Å². The van der Waals surface area contributed by atoms with E-state index in [0.29, 0.717) is 17.1 Å². The van der Waals surface area contributed by atoms with Gasteiger partial charge in [0.2, 0.25) is 0 Å². The Morgan fingerprint density at radius 1 is 1.00 bits per heavy atom. The molecule has 2 saturated carbocycles. The summed E-state index contributed by atoms with van der Waals surface area (Å²) in [4.78, 5) is 0. The Balaban J connectivity index is 2.06. The van der Waals surface area contributed by atoms with Crippen molar-refractivity contribution in [3.63, 3.8) is 0 Å². The molecule has 2 atom stereocenters. The minimum atomic E-state index is -1.71. The van der Waals surface area contributed by atoms with Gasteiger partial charge in [-0.25, -0.2) is 0 Å². The lowest BCUT2D eigenvalue weighted by Crippen LogP contribution is -2.47. The van der Waals surface area contributed by atoms with Crippen LogP contribution in [-0.2, 0) is 4.43 Å². The Hall–Kier alpha value is 0.134. The first-order chi connectivity index (χ1) is 13.7.